The van der Waals surface area contributed by atoms with Crippen LogP contribution in [0.2, 0.25) is 5.02 Å². The van der Waals surface area contributed by atoms with Crippen molar-refractivity contribution in [1.29, 1.82) is 0 Å². The van der Waals surface area contributed by atoms with Gasteiger partial charge < -0.3 is 23.9 Å². The van der Waals surface area contributed by atoms with E-state index in [1.165, 1.54) is 26.5 Å². The SMILES string of the molecule is COc1ccc2[nH]c(C(=O)NN=Cc3ccc(OC(=O)c4cc(Cl)ccc4OC)c(OC)c3)c(-c3ccccc3)c2c1. The number of ether oxygens (including phenoxy) is 4. The Morgan fingerprint density at radius 3 is 2.33 bits per heavy atom. The lowest BCUT2D eigenvalue weighted by molar-refractivity contribution is 0.0726. The third-order valence-corrected chi connectivity index (χ3v) is 6.68. The highest BCUT2D eigenvalue weighted by molar-refractivity contribution is 6.31. The van der Waals surface area contributed by atoms with Crippen molar-refractivity contribution >= 4 is 40.6 Å². The lowest BCUT2D eigenvalue weighted by Crippen LogP contribution is -2.18. The van der Waals surface area contributed by atoms with Crippen molar-refractivity contribution in [3.05, 3.63) is 107 Å². The van der Waals surface area contributed by atoms with Crippen LogP contribution in [-0.2, 0) is 0 Å². The van der Waals surface area contributed by atoms with Crippen LogP contribution in [0, 0.1) is 0 Å². The van der Waals surface area contributed by atoms with E-state index in [-0.39, 0.29) is 17.1 Å². The standard InChI is InChI=1S/C32H26ClN3O6/c1-39-22-11-12-25-23(17-22)29(20-7-5-4-6-8-20)30(35-25)31(37)36-34-18-19-9-13-27(28(15-19)41-3)42-32(38)24-16-21(33)10-14-26(24)40-2/h4-18,35H,1-3H3,(H,36,37). The quantitative estimate of drug-likeness (QED) is 0.0887. The number of hydrogen-bond donors (Lipinski definition) is 2. The molecule has 0 atom stereocenters. The van der Waals surface area contributed by atoms with Crippen LogP contribution in [0.15, 0.2) is 90.0 Å². The summed E-state index contributed by atoms with van der Waals surface area (Å²) in [6.07, 6.45) is 1.46. The molecule has 0 aliphatic rings. The normalized spacial score (nSPS) is 11.0. The van der Waals surface area contributed by atoms with E-state index >= 15 is 0 Å². The third kappa shape index (κ3) is 5.91. The second-order valence-electron chi connectivity index (χ2n) is 9.00. The minimum Gasteiger partial charge on any atom is -0.497 e. The molecule has 2 N–H and O–H groups in total. The van der Waals surface area contributed by atoms with Crippen molar-refractivity contribution in [2.45, 2.75) is 0 Å². The zero-order valence-electron chi connectivity index (χ0n) is 22.9. The summed E-state index contributed by atoms with van der Waals surface area (Å²) in [6.45, 7) is 0. The first-order valence-electron chi connectivity index (χ1n) is 12.7. The third-order valence-electron chi connectivity index (χ3n) is 6.45. The van der Waals surface area contributed by atoms with Crippen LogP contribution in [0.1, 0.15) is 26.4 Å². The van der Waals surface area contributed by atoms with Crippen molar-refractivity contribution in [1.82, 2.24) is 10.4 Å². The molecule has 42 heavy (non-hydrogen) atoms. The fourth-order valence-electron chi connectivity index (χ4n) is 4.44. The number of benzene rings is 4. The molecule has 0 aliphatic carbocycles. The predicted octanol–water partition coefficient (Wildman–Crippen LogP) is 6.50. The van der Waals surface area contributed by atoms with E-state index in [0.717, 1.165) is 22.0 Å². The number of esters is 1. The number of carbonyl (C=O) groups excluding carboxylic acids is 2. The number of rotatable bonds is 9. The van der Waals surface area contributed by atoms with Crippen LogP contribution < -0.4 is 24.4 Å². The van der Waals surface area contributed by atoms with Crippen molar-refractivity contribution < 1.29 is 28.5 Å². The topological polar surface area (TPSA) is 111 Å². The Bertz CT molecular complexity index is 1800. The maximum absolute atomic E-state index is 13.3. The summed E-state index contributed by atoms with van der Waals surface area (Å²) in [6, 6.07) is 24.7. The summed E-state index contributed by atoms with van der Waals surface area (Å²) in [7, 11) is 4.50. The van der Waals surface area contributed by atoms with Crippen LogP contribution in [-0.4, -0.2) is 44.4 Å². The molecule has 0 saturated carbocycles. The van der Waals surface area contributed by atoms with E-state index in [1.54, 1.807) is 37.4 Å². The number of amides is 1. The Kier molecular flexibility index (Phi) is 8.40. The molecule has 4 aromatic carbocycles. The van der Waals surface area contributed by atoms with E-state index in [4.69, 9.17) is 30.5 Å². The first-order chi connectivity index (χ1) is 20.4. The molecule has 0 spiro atoms. The number of methoxy groups -OCH3 is 3. The van der Waals surface area contributed by atoms with Crippen molar-refractivity contribution in [3.8, 4) is 34.1 Å². The lowest BCUT2D eigenvalue weighted by atomic mass is 10.0. The number of nitrogens with zero attached hydrogens (tertiary/aromatic N) is 1. The molecule has 5 rings (SSSR count). The van der Waals surface area contributed by atoms with Gasteiger partial charge in [0.15, 0.2) is 11.5 Å². The minimum atomic E-state index is -0.661. The average molecular weight is 584 g/mol. The van der Waals surface area contributed by atoms with Crippen LogP contribution in [0.3, 0.4) is 0 Å². The zero-order valence-corrected chi connectivity index (χ0v) is 23.7. The van der Waals surface area contributed by atoms with E-state index < -0.39 is 11.9 Å². The lowest BCUT2D eigenvalue weighted by Gasteiger charge is -2.12. The Morgan fingerprint density at radius 1 is 0.833 bits per heavy atom. The Hall–Kier alpha value is -5.28. The molecule has 1 amide bonds. The molecule has 5 aromatic rings. The van der Waals surface area contributed by atoms with Crippen LogP contribution in [0.4, 0.5) is 0 Å². The molecular formula is C32H26ClN3O6. The second-order valence-corrected chi connectivity index (χ2v) is 9.43. The second kappa shape index (κ2) is 12.5. The van der Waals surface area contributed by atoms with Gasteiger partial charge in [-0.3, -0.25) is 4.79 Å². The summed E-state index contributed by atoms with van der Waals surface area (Å²) >= 11 is 6.04. The summed E-state index contributed by atoms with van der Waals surface area (Å²) in [5.41, 5.74) is 6.11. The number of aromatic amines is 1. The maximum atomic E-state index is 13.3. The minimum absolute atomic E-state index is 0.172. The Labute approximate surface area is 246 Å². The van der Waals surface area contributed by atoms with E-state index in [2.05, 4.69) is 15.5 Å². The zero-order chi connectivity index (χ0) is 29.6. The number of carbonyl (C=O) groups is 2. The van der Waals surface area contributed by atoms with Gasteiger partial charge in [-0.1, -0.05) is 41.9 Å². The smallest absolute Gasteiger partial charge is 0.347 e. The molecule has 212 valence electrons. The fraction of sp³-hybridized carbons (Fsp3) is 0.0938. The number of hydrazone groups is 1. The number of nitrogens with one attached hydrogen (secondary N) is 2. The highest BCUT2D eigenvalue weighted by Gasteiger charge is 2.20. The van der Waals surface area contributed by atoms with Crippen LogP contribution >= 0.6 is 11.6 Å². The van der Waals surface area contributed by atoms with E-state index in [0.29, 0.717) is 27.8 Å². The van der Waals surface area contributed by atoms with Gasteiger partial charge in [0.25, 0.3) is 5.91 Å². The van der Waals surface area contributed by atoms with Gasteiger partial charge >= 0.3 is 5.97 Å². The molecule has 1 heterocycles. The number of H-pyrrole nitrogens is 1. The summed E-state index contributed by atoms with van der Waals surface area (Å²) in [5, 5.41) is 5.35. The van der Waals surface area contributed by atoms with Gasteiger partial charge in [0, 0.05) is 21.5 Å². The highest BCUT2D eigenvalue weighted by Crippen LogP contribution is 2.35. The Morgan fingerprint density at radius 2 is 1.60 bits per heavy atom. The van der Waals surface area contributed by atoms with Gasteiger partial charge in [0.2, 0.25) is 0 Å². The number of hydrogen-bond acceptors (Lipinski definition) is 7. The van der Waals surface area contributed by atoms with Gasteiger partial charge in [0.1, 0.15) is 22.8 Å². The van der Waals surface area contributed by atoms with Gasteiger partial charge in [0.05, 0.1) is 27.5 Å². The van der Waals surface area contributed by atoms with Crippen molar-refractivity contribution in [2.24, 2.45) is 5.10 Å². The first kappa shape index (κ1) is 28.3. The number of halogens is 1. The molecule has 0 bridgehead atoms. The molecule has 0 aliphatic heterocycles. The van der Waals surface area contributed by atoms with Gasteiger partial charge in [-0.15, -0.1) is 0 Å². The van der Waals surface area contributed by atoms with Gasteiger partial charge in [-0.05, 0) is 65.7 Å². The number of fused-ring (bicyclic) bond motifs is 1. The average Bonchev–Trinajstić information content (AvgIpc) is 3.41. The molecule has 0 unspecified atom stereocenters. The van der Waals surface area contributed by atoms with Crippen LogP contribution in [0.5, 0.6) is 23.0 Å². The summed E-state index contributed by atoms with van der Waals surface area (Å²) < 4.78 is 21.6. The molecule has 9 nitrogen and oxygen atoms in total. The summed E-state index contributed by atoms with van der Waals surface area (Å²) in [5.74, 6) is 0.396. The van der Waals surface area contributed by atoms with E-state index in [1.807, 2.05) is 48.5 Å². The molecule has 0 fully saturated rings. The first-order valence-corrected chi connectivity index (χ1v) is 13.1. The molecule has 0 radical (unpaired) electrons. The Balaban J connectivity index is 1.36. The van der Waals surface area contributed by atoms with Crippen molar-refractivity contribution in [2.75, 3.05) is 21.3 Å². The highest BCUT2D eigenvalue weighted by atomic mass is 35.5. The monoisotopic (exact) mass is 583 g/mol. The molecule has 0 saturated heterocycles. The van der Waals surface area contributed by atoms with E-state index in [9.17, 15) is 9.59 Å². The molecule has 1 aromatic heterocycles. The summed E-state index contributed by atoms with van der Waals surface area (Å²) in [4.78, 5) is 29.3. The van der Waals surface area contributed by atoms with Gasteiger partial charge in [-0.25, -0.2) is 10.2 Å². The predicted molar refractivity (Wildman–Crippen MR) is 161 cm³/mol. The van der Waals surface area contributed by atoms with Crippen molar-refractivity contribution in [3.63, 3.8) is 0 Å². The molecular weight excluding hydrogens is 558 g/mol. The largest absolute Gasteiger partial charge is 0.497 e. The fourth-order valence-corrected chi connectivity index (χ4v) is 4.61. The van der Waals surface area contributed by atoms with Gasteiger partial charge in [-0.2, -0.15) is 5.10 Å². The van der Waals surface area contributed by atoms with Crippen LogP contribution in [0.25, 0.3) is 22.0 Å². The maximum Gasteiger partial charge on any atom is 0.347 e. The molecule has 10 heteroatoms. The number of aromatic nitrogens is 1.